The zero-order chi connectivity index (χ0) is 15.8. The summed E-state index contributed by atoms with van der Waals surface area (Å²) in [7, 11) is 0. The SMILES string of the molecule is C=Cc1ccccc1COC(C)OCc1ccccc1C=C. The van der Waals surface area contributed by atoms with E-state index in [1.165, 1.54) is 0 Å². The highest BCUT2D eigenvalue weighted by Crippen LogP contribution is 2.15. The minimum atomic E-state index is -0.282. The third-order valence-corrected chi connectivity index (χ3v) is 3.50. The fraction of sp³-hybridized carbons (Fsp3) is 0.200. The van der Waals surface area contributed by atoms with Gasteiger partial charge in [-0.25, -0.2) is 0 Å². The maximum Gasteiger partial charge on any atom is 0.155 e. The molecule has 22 heavy (non-hydrogen) atoms. The molecule has 0 unspecified atom stereocenters. The van der Waals surface area contributed by atoms with Crippen LogP contribution in [0.25, 0.3) is 12.2 Å². The van der Waals surface area contributed by atoms with Gasteiger partial charge in [-0.15, -0.1) is 0 Å². The van der Waals surface area contributed by atoms with E-state index < -0.39 is 0 Å². The summed E-state index contributed by atoms with van der Waals surface area (Å²) in [6.07, 6.45) is 3.39. The lowest BCUT2D eigenvalue weighted by Crippen LogP contribution is -2.13. The zero-order valence-electron chi connectivity index (χ0n) is 13.0. The molecule has 2 rings (SSSR count). The van der Waals surface area contributed by atoms with Crippen LogP contribution < -0.4 is 0 Å². The molecule has 0 saturated heterocycles. The van der Waals surface area contributed by atoms with Gasteiger partial charge in [-0.1, -0.05) is 73.8 Å². The number of benzene rings is 2. The van der Waals surface area contributed by atoms with Crippen LogP contribution >= 0.6 is 0 Å². The van der Waals surface area contributed by atoms with Crippen LogP contribution in [0.1, 0.15) is 29.2 Å². The number of ether oxygens (including phenoxy) is 2. The summed E-state index contributed by atoms with van der Waals surface area (Å²) in [6.45, 7) is 10.6. The Hall–Kier alpha value is -2.16. The third-order valence-electron chi connectivity index (χ3n) is 3.50. The first kappa shape index (κ1) is 16.2. The molecule has 0 bridgehead atoms. The van der Waals surface area contributed by atoms with Crippen molar-refractivity contribution in [2.24, 2.45) is 0 Å². The molecular formula is C20H22O2. The molecule has 2 nitrogen and oxygen atoms in total. The molecule has 2 aromatic rings. The fourth-order valence-corrected chi connectivity index (χ4v) is 2.19. The molecule has 0 heterocycles. The Labute approximate surface area is 132 Å². The van der Waals surface area contributed by atoms with Crippen LogP contribution in [-0.4, -0.2) is 6.29 Å². The Bertz CT molecular complexity index is 576. The number of hydrogen-bond acceptors (Lipinski definition) is 2. The lowest BCUT2D eigenvalue weighted by molar-refractivity contribution is -0.144. The van der Waals surface area contributed by atoms with Gasteiger partial charge >= 0.3 is 0 Å². The van der Waals surface area contributed by atoms with Crippen LogP contribution in [0.15, 0.2) is 61.7 Å². The van der Waals surface area contributed by atoms with E-state index in [4.69, 9.17) is 9.47 Å². The van der Waals surface area contributed by atoms with Gasteiger partial charge in [-0.3, -0.25) is 0 Å². The van der Waals surface area contributed by atoms with Crippen molar-refractivity contribution >= 4 is 12.2 Å². The molecule has 0 amide bonds. The van der Waals surface area contributed by atoms with Gasteiger partial charge in [-0.2, -0.15) is 0 Å². The lowest BCUT2D eigenvalue weighted by atomic mass is 10.1. The van der Waals surface area contributed by atoms with Gasteiger partial charge in [0.05, 0.1) is 13.2 Å². The average Bonchev–Trinajstić information content (AvgIpc) is 2.58. The first-order chi connectivity index (χ1) is 10.7. The number of rotatable bonds is 8. The standard InChI is InChI=1S/C20H22O2/c1-4-17-10-6-8-12-19(17)14-21-16(3)22-15-20-13-9-7-11-18(20)5-2/h4-13,16H,1-2,14-15H2,3H3. The van der Waals surface area contributed by atoms with E-state index in [0.29, 0.717) is 13.2 Å². The average molecular weight is 294 g/mol. The Morgan fingerprint density at radius 1 is 0.818 bits per heavy atom. The molecule has 0 aliphatic heterocycles. The topological polar surface area (TPSA) is 18.5 Å². The van der Waals surface area contributed by atoms with Crippen LogP contribution in [0.3, 0.4) is 0 Å². The van der Waals surface area contributed by atoms with Crippen molar-refractivity contribution in [3.63, 3.8) is 0 Å². The molecule has 114 valence electrons. The summed E-state index contributed by atoms with van der Waals surface area (Å²) in [5.74, 6) is 0. The highest BCUT2D eigenvalue weighted by atomic mass is 16.7. The lowest BCUT2D eigenvalue weighted by Gasteiger charge is -2.16. The summed E-state index contributed by atoms with van der Waals surface area (Å²) in [5.41, 5.74) is 4.40. The van der Waals surface area contributed by atoms with Crippen LogP contribution in [-0.2, 0) is 22.7 Å². The Balaban J connectivity index is 1.87. The van der Waals surface area contributed by atoms with Crippen molar-refractivity contribution in [2.75, 3.05) is 0 Å². The molecule has 0 spiro atoms. The van der Waals surface area contributed by atoms with Crippen molar-refractivity contribution in [3.05, 3.63) is 83.9 Å². The van der Waals surface area contributed by atoms with Gasteiger partial charge in [0.15, 0.2) is 6.29 Å². The summed E-state index contributed by atoms with van der Waals surface area (Å²) in [4.78, 5) is 0. The van der Waals surface area contributed by atoms with Crippen LogP contribution in [0.4, 0.5) is 0 Å². The molecule has 0 atom stereocenters. The summed E-state index contributed by atoms with van der Waals surface area (Å²) in [5, 5.41) is 0. The van der Waals surface area contributed by atoms with Crippen LogP contribution in [0.2, 0.25) is 0 Å². The van der Waals surface area contributed by atoms with Crippen LogP contribution in [0, 0.1) is 0 Å². The van der Waals surface area contributed by atoms with Crippen molar-refractivity contribution in [1.29, 1.82) is 0 Å². The van der Waals surface area contributed by atoms with E-state index in [1.807, 2.05) is 67.6 Å². The predicted molar refractivity (Wildman–Crippen MR) is 92.1 cm³/mol. The Morgan fingerprint density at radius 3 is 1.64 bits per heavy atom. The molecular weight excluding hydrogens is 272 g/mol. The molecule has 2 aromatic carbocycles. The van der Waals surface area contributed by atoms with Crippen molar-refractivity contribution in [3.8, 4) is 0 Å². The van der Waals surface area contributed by atoms with Gasteiger partial charge in [0, 0.05) is 0 Å². The van der Waals surface area contributed by atoms with Crippen molar-refractivity contribution in [2.45, 2.75) is 26.4 Å². The molecule has 0 N–H and O–H groups in total. The number of hydrogen-bond donors (Lipinski definition) is 0. The van der Waals surface area contributed by atoms with E-state index in [2.05, 4.69) is 13.2 Å². The van der Waals surface area contributed by atoms with E-state index in [0.717, 1.165) is 22.3 Å². The molecule has 0 aliphatic carbocycles. The van der Waals surface area contributed by atoms with E-state index in [9.17, 15) is 0 Å². The third kappa shape index (κ3) is 4.42. The van der Waals surface area contributed by atoms with Crippen LogP contribution in [0.5, 0.6) is 0 Å². The molecule has 0 saturated carbocycles. The largest absolute Gasteiger partial charge is 0.348 e. The second-order valence-corrected chi connectivity index (χ2v) is 5.00. The molecule has 0 radical (unpaired) electrons. The van der Waals surface area contributed by atoms with Gasteiger partial charge in [-0.05, 0) is 29.2 Å². The van der Waals surface area contributed by atoms with Gasteiger partial charge in [0.25, 0.3) is 0 Å². The minimum absolute atomic E-state index is 0.282. The maximum atomic E-state index is 5.77. The molecule has 0 aliphatic rings. The summed E-state index contributed by atoms with van der Waals surface area (Å²) < 4.78 is 11.5. The fourth-order valence-electron chi connectivity index (χ4n) is 2.19. The first-order valence-electron chi connectivity index (χ1n) is 7.38. The van der Waals surface area contributed by atoms with Gasteiger partial charge in [0.2, 0.25) is 0 Å². The molecule has 2 heteroatoms. The van der Waals surface area contributed by atoms with E-state index in [1.54, 1.807) is 0 Å². The summed E-state index contributed by atoms with van der Waals surface area (Å²) >= 11 is 0. The smallest absolute Gasteiger partial charge is 0.155 e. The maximum absolute atomic E-state index is 5.77. The van der Waals surface area contributed by atoms with E-state index >= 15 is 0 Å². The first-order valence-corrected chi connectivity index (χ1v) is 7.38. The second kappa shape index (κ2) is 8.32. The Kier molecular flexibility index (Phi) is 6.13. The predicted octanol–water partition coefficient (Wildman–Crippen LogP) is 5.05. The van der Waals surface area contributed by atoms with Gasteiger partial charge < -0.3 is 9.47 Å². The molecule has 0 aromatic heterocycles. The van der Waals surface area contributed by atoms with Crippen molar-refractivity contribution < 1.29 is 9.47 Å². The highest BCUT2D eigenvalue weighted by Gasteiger charge is 2.06. The zero-order valence-corrected chi connectivity index (χ0v) is 13.0. The highest BCUT2D eigenvalue weighted by molar-refractivity contribution is 5.52. The molecule has 0 fully saturated rings. The summed E-state index contributed by atoms with van der Waals surface area (Å²) in [6, 6.07) is 16.1. The second-order valence-electron chi connectivity index (χ2n) is 5.00. The normalized spacial score (nSPS) is 10.6. The van der Waals surface area contributed by atoms with Gasteiger partial charge in [0.1, 0.15) is 0 Å². The van der Waals surface area contributed by atoms with E-state index in [-0.39, 0.29) is 6.29 Å². The quantitative estimate of drug-likeness (QED) is 0.634. The van der Waals surface area contributed by atoms with Crippen molar-refractivity contribution in [1.82, 2.24) is 0 Å². The monoisotopic (exact) mass is 294 g/mol. The Morgan fingerprint density at radius 2 is 1.23 bits per heavy atom. The minimum Gasteiger partial charge on any atom is -0.348 e.